The van der Waals surface area contributed by atoms with Gasteiger partial charge < -0.3 is 9.80 Å². The highest BCUT2D eigenvalue weighted by Crippen LogP contribution is 2.29. The molecule has 0 aliphatic carbocycles. The number of rotatable bonds is 18. The van der Waals surface area contributed by atoms with E-state index in [1.807, 2.05) is 38.0 Å². The normalized spacial score (nSPS) is 13.9. The molecule has 0 fully saturated rings. The molecule has 0 aliphatic rings. The molecule has 0 N–H and O–H groups in total. The van der Waals surface area contributed by atoms with Gasteiger partial charge in [0.25, 0.3) is 6.08 Å². The van der Waals surface area contributed by atoms with E-state index >= 15 is 0 Å². The molecular weight excluding hydrogens is 354 g/mol. The number of hydrogen-bond donors (Lipinski definition) is 0. The second-order valence-electron chi connectivity index (χ2n) is 8.79. The van der Waals surface area contributed by atoms with E-state index in [2.05, 4.69) is 13.8 Å². The third kappa shape index (κ3) is 12.2. The average Bonchev–Trinajstić information content (AvgIpc) is 2.63. The van der Waals surface area contributed by atoms with E-state index in [0.717, 1.165) is 38.5 Å². The molecule has 0 spiro atoms. The summed E-state index contributed by atoms with van der Waals surface area (Å²) in [7, 11) is 7.79. The number of nitrogens with zero attached hydrogens (tertiary/aromatic N) is 2. The lowest BCUT2D eigenvalue weighted by Gasteiger charge is -2.34. The molecule has 0 saturated carbocycles. The topological polar surface area (TPSA) is 6.48 Å². The van der Waals surface area contributed by atoms with Crippen molar-refractivity contribution in [3.8, 4) is 0 Å². The van der Waals surface area contributed by atoms with Gasteiger partial charge in [0.1, 0.15) is 0 Å². The van der Waals surface area contributed by atoms with Gasteiger partial charge in [0.2, 0.25) is 0 Å². The van der Waals surface area contributed by atoms with Gasteiger partial charge in [0.05, 0.1) is 0 Å². The van der Waals surface area contributed by atoms with Crippen molar-refractivity contribution < 1.29 is 8.78 Å². The van der Waals surface area contributed by atoms with Gasteiger partial charge in [-0.25, -0.2) is 0 Å². The zero-order valence-electron chi connectivity index (χ0n) is 19.7. The van der Waals surface area contributed by atoms with E-state index < -0.39 is 6.08 Å². The van der Waals surface area contributed by atoms with Gasteiger partial charge in [-0.05, 0) is 41.0 Å². The van der Waals surface area contributed by atoms with Crippen LogP contribution in [0.1, 0.15) is 104 Å². The molecule has 2 atom stereocenters. The Kier molecular flexibility index (Phi) is 17.1. The summed E-state index contributed by atoms with van der Waals surface area (Å²) in [5, 5.41) is 0. The summed E-state index contributed by atoms with van der Waals surface area (Å²) in [6, 6.07) is -0.327. The van der Waals surface area contributed by atoms with Crippen molar-refractivity contribution in [1.29, 1.82) is 0 Å². The van der Waals surface area contributed by atoms with Crippen LogP contribution in [0.4, 0.5) is 8.78 Å². The maximum Gasteiger partial charge on any atom is 0.272 e. The summed E-state index contributed by atoms with van der Waals surface area (Å²) >= 11 is 0. The summed E-state index contributed by atoms with van der Waals surface area (Å²) in [6.07, 6.45) is 14.6. The fourth-order valence-electron chi connectivity index (χ4n) is 4.09. The zero-order chi connectivity index (χ0) is 21.4. The molecule has 0 unspecified atom stereocenters. The van der Waals surface area contributed by atoms with Crippen molar-refractivity contribution in [3.05, 3.63) is 11.7 Å². The molecule has 0 saturated heterocycles. The maximum atomic E-state index is 14.1. The van der Waals surface area contributed by atoms with Crippen LogP contribution < -0.4 is 0 Å². The van der Waals surface area contributed by atoms with Crippen LogP contribution in [0.2, 0.25) is 0 Å². The van der Waals surface area contributed by atoms with Gasteiger partial charge in [-0.1, -0.05) is 90.9 Å². The van der Waals surface area contributed by atoms with Crippen LogP contribution in [0.5, 0.6) is 0 Å². The number of unbranched alkanes of at least 4 members (excludes halogenated alkanes) is 10. The Morgan fingerprint density at radius 2 is 0.893 bits per heavy atom. The minimum absolute atomic E-state index is 0.163. The molecule has 0 aliphatic heterocycles. The number of halogens is 2. The van der Waals surface area contributed by atoms with Crippen LogP contribution >= 0.6 is 0 Å². The molecule has 0 radical (unpaired) electrons. The summed E-state index contributed by atoms with van der Waals surface area (Å²) in [6.45, 7) is 4.43. The molecule has 0 aromatic rings. The first-order valence-corrected chi connectivity index (χ1v) is 11.7. The second-order valence-corrected chi connectivity index (χ2v) is 8.79. The van der Waals surface area contributed by atoms with E-state index in [4.69, 9.17) is 0 Å². The third-order valence-electron chi connectivity index (χ3n) is 5.85. The number of hydrogen-bond acceptors (Lipinski definition) is 2. The first-order valence-electron chi connectivity index (χ1n) is 11.7. The minimum Gasteiger partial charge on any atom is -0.302 e. The van der Waals surface area contributed by atoms with Gasteiger partial charge in [0.15, 0.2) is 0 Å². The van der Waals surface area contributed by atoms with Crippen LogP contribution in [0, 0.1) is 0 Å². The molecule has 0 bridgehead atoms. The number of likely N-dealkylation sites (N-methyl/N-ethyl adjacent to an activating group) is 2. The van der Waals surface area contributed by atoms with Gasteiger partial charge in [-0.3, -0.25) is 0 Å². The standard InChI is InChI=1S/C24H48F2N2/c1-7-9-11-13-15-17-19-21(27(3)4)23(24(25)26)22(28(5)6)20-18-16-14-12-10-8-2/h21-22H,7-20H2,1-6H3/t21-,22+. The second kappa shape index (κ2) is 17.4. The Morgan fingerprint density at radius 3 is 1.18 bits per heavy atom. The monoisotopic (exact) mass is 402 g/mol. The van der Waals surface area contributed by atoms with E-state index in [-0.39, 0.29) is 12.1 Å². The fourth-order valence-corrected chi connectivity index (χ4v) is 4.09. The molecule has 0 heterocycles. The van der Waals surface area contributed by atoms with Crippen LogP contribution in [0.25, 0.3) is 0 Å². The van der Waals surface area contributed by atoms with Crippen molar-refractivity contribution in [1.82, 2.24) is 9.80 Å². The Labute approximate surface area is 174 Å². The van der Waals surface area contributed by atoms with Crippen molar-refractivity contribution >= 4 is 0 Å². The van der Waals surface area contributed by atoms with Crippen LogP contribution in [-0.4, -0.2) is 50.1 Å². The predicted octanol–water partition coefficient (Wildman–Crippen LogP) is 7.50. The molecule has 0 rings (SSSR count). The molecule has 0 aromatic carbocycles. The highest BCUT2D eigenvalue weighted by atomic mass is 19.3. The fraction of sp³-hybridized carbons (Fsp3) is 0.917. The van der Waals surface area contributed by atoms with Crippen molar-refractivity contribution in [3.63, 3.8) is 0 Å². The van der Waals surface area contributed by atoms with Crippen LogP contribution in [0.3, 0.4) is 0 Å². The maximum absolute atomic E-state index is 14.1. The first kappa shape index (κ1) is 27.5. The first-order chi connectivity index (χ1) is 13.4. The molecule has 168 valence electrons. The highest BCUT2D eigenvalue weighted by Gasteiger charge is 2.29. The van der Waals surface area contributed by atoms with Gasteiger partial charge in [-0.2, -0.15) is 8.78 Å². The van der Waals surface area contributed by atoms with E-state index in [9.17, 15) is 8.78 Å². The SMILES string of the molecule is CCCCCCCC[C@H](C(=C(F)F)[C@H](CCCCCCCC)N(C)C)N(C)C. The van der Waals surface area contributed by atoms with E-state index in [0.29, 0.717) is 5.57 Å². The summed E-state index contributed by atoms with van der Waals surface area (Å²) in [5.41, 5.74) is 0.358. The van der Waals surface area contributed by atoms with Crippen molar-refractivity contribution in [2.45, 2.75) is 116 Å². The minimum atomic E-state index is -1.46. The summed E-state index contributed by atoms with van der Waals surface area (Å²) in [4.78, 5) is 4.00. The van der Waals surface area contributed by atoms with Crippen molar-refractivity contribution in [2.75, 3.05) is 28.2 Å². The van der Waals surface area contributed by atoms with Gasteiger partial charge in [-0.15, -0.1) is 0 Å². The summed E-state index contributed by atoms with van der Waals surface area (Å²) in [5.74, 6) is 0. The predicted molar refractivity (Wildman–Crippen MR) is 120 cm³/mol. The van der Waals surface area contributed by atoms with Gasteiger partial charge >= 0.3 is 0 Å². The Hall–Kier alpha value is -0.480. The zero-order valence-corrected chi connectivity index (χ0v) is 19.7. The van der Waals surface area contributed by atoms with Crippen molar-refractivity contribution in [2.24, 2.45) is 0 Å². The lowest BCUT2D eigenvalue weighted by molar-refractivity contribution is 0.222. The Balaban J connectivity index is 4.86. The van der Waals surface area contributed by atoms with Crippen LogP contribution in [-0.2, 0) is 0 Å². The Morgan fingerprint density at radius 1 is 0.571 bits per heavy atom. The molecule has 28 heavy (non-hydrogen) atoms. The summed E-state index contributed by atoms with van der Waals surface area (Å²) < 4.78 is 28.2. The molecule has 0 aromatic heterocycles. The molecule has 0 amide bonds. The molecular formula is C24H48F2N2. The molecule has 4 heteroatoms. The average molecular weight is 403 g/mol. The van der Waals surface area contributed by atoms with Crippen LogP contribution in [0.15, 0.2) is 11.7 Å². The molecule has 2 nitrogen and oxygen atoms in total. The highest BCUT2D eigenvalue weighted by molar-refractivity contribution is 5.19. The largest absolute Gasteiger partial charge is 0.302 e. The Bertz CT molecular complexity index is 360. The van der Waals surface area contributed by atoms with E-state index in [1.165, 1.54) is 51.4 Å². The quantitative estimate of drug-likeness (QED) is 0.219. The van der Waals surface area contributed by atoms with E-state index in [1.54, 1.807) is 0 Å². The third-order valence-corrected chi connectivity index (χ3v) is 5.85. The smallest absolute Gasteiger partial charge is 0.272 e. The lowest BCUT2D eigenvalue weighted by atomic mass is 9.90. The van der Waals surface area contributed by atoms with Gasteiger partial charge in [0, 0.05) is 17.7 Å². The lowest BCUT2D eigenvalue weighted by Crippen LogP contribution is -2.41.